The lowest BCUT2D eigenvalue weighted by atomic mass is 10.0. The number of methoxy groups -OCH3 is 1. The number of nitrogens with zero attached hydrogens (tertiary/aromatic N) is 3. The minimum Gasteiger partial charge on any atom is -0.497 e. The summed E-state index contributed by atoms with van der Waals surface area (Å²) in [7, 11) is 1.61. The molecule has 7 heteroatoms. The summed E-state index contributed by atoms with van der Waals surface area (Å²) in [6.07, 6.45) is 0.637. The molecule has 29 heavy (non-hydrogen) atoms. The van der Waals surface area contributed by atoms with Gasteiger partial charge in [0.25, 0.3) is 11.8 Å². The minimum absolute atomic E-state index is 0.192. The third kappa shape index (κ3) is 4.62. The van der Waals surface area contributed by atoms with E-state index in [9.17, 15) is 9.59 Å². The van der Waals surface area contributed by atoms with Crippen LogP contribution in [0, 0.1) is 0 Å². The number of likely N-dealkylation sites (N-methyl/N-ethyl adjacent to an activating group) is 1. The first kappa shape index (κ1) is 21.3. The maximum Gasteiger partial charge on any atom is 0.277 e. The second-order valence-electron chi connectivity index (χ2n) is 7.19. The summed E-state index contributed by atoms with van der Waals surface area (Å²) in [6, 6.07) is 7.35. The molecular weight excluding hydrogens is 370 g/mol. The highest BCUT2D eigenvalue weighted by atomic mass is 16.5. The number of rotatable bonds is 9. The second kappa shape index (κ2) is 9.89. The monoisotopic (exact) mass is 401 g/mol. The predicted molar refractivity (Wildman–Crippen MR) is 111 cm³/mol. The Kier molecular flexibility index (Phi) is 7.28. The van der Waals surface area contributed by atoms with Crippen LogP contribution in [0.5, 0.6) is 5.75 Å². The van der Waals surface area contributed by atoms with Crippen molar-refractivity contribution in [2.24, 2.45) is 0 Å². The molecule has 3 rings (SSSR count). The van der Waals surface area contributed by atoms with Gasteiger partial charge >= 0.3 is 0 Å². The Morgan fingerprint density at radius 3 is 2.24 bits per heavy atom. The molecule has 0 saturated carbocycles. The van der Waals surface area contributed by atoms with Crippen molar-refractivity contribution < 1.29 is 19.1 Å². The SMILES string of the molecule is CCOCCCN1C(=O)C(c2ccc(OC)cc2)=C(N2CCN(CC)CC2)C1=O. The molecule has 2 aliphatic heterocycles. The fourth-order valence-electron chi connectivity index (χ4n) is 3.83. The van der Waals surface area contributed by atoms with Crippen LogP contribution in [0.15, 0.2) is 30.0 Å². The Labute approximate surface area is 172 Å². The molecule has 2 heterocycles. The quantitative estimate of drug-likeness (QED) is 0.465. The fourth-order valence-corrected chi connectivity index (χ4v) is 3.83. The number of imide groups is 1. The highest BCUT2D eigenvalue weighted by Gasteiger charge is 2.41. The van der Waals surface area contributed by atoms with E-state index in [0.29, 0.717) is 37.4 Å². The summed E-state index contributed by atoms with van der Waals surface area (Å²) in [5, 5.41) is 0. The first-order valence-electron chi connectivity index (χ1n) is 10.4. The van der Waals surface area contributed by atoms with Crippen molar-refractivity contribution in [2.75, 3.05) is 59.6 Å². The van der Waals surface area contributed by atoms with E-state index in [2.05, 4.69) is 16.7 Å². The van der Waals surface area contributed by atoms with E-state index < -0.39 is 0 Å². The number of amides is 2. The van der Waals surface area contributed by atoms with Crippen LogP contribution in [0.2, 0.25) is 0 Å². The number of benzene rings is 1. The van der Waals surface area contributed by atoms with E-state index in [1.807, 2.05) is 31.2 Å². The zero-order valence-corrected chi connectivity index (χ0v) is 17.6. The van der Waals surface area contributed by atoms with E-state index in [4.69, 9.17) is 9.47 Å². The zero-order valence-electron chi connectivity index (χ0n) is 17.6. The lowest BCUT2D eigenvalue weighted by Crippen LogP contribution is -2.47. The minimum atomic E-state index is -0.218. The van der Waals surface area contributed by atoms with E-state index in [1.165, 1.54) is 4.90 Å². The maximum atomic E-state index is 13.3. The highest BCUT2D eigenvalue weighted by molar-refractivity contribution is 6.35. The van der Waals surface area contributed by atoms with Gasteiger partial charge in [0.1, 0.15) is 11.4 Å². The number of carbonyl (C=O) groups excluding carboxylic acids is 2. The molecule has 0 aromatic heterocycles. The van der Waals surface area contributed by atoms with Crippen LogP contribution in [0.1, 0.15) is 25.8 Å². The first-order chi connectivity index (χ1) is 14.1. The molecule has 0 N–H and O–H groups in total. The molecule has 0 atom stereocenters. The Hall–Kier alpha value is -2.38. The molecule has 0 aliphatic carbocycles. The standard InChI is InChI=1S/C22H31N3O4/c1-4-23-12-14-24(15-13-23)20-19(17-7-9-18(28-3)10-8-17)21(26)25(22(20)27)11-6-16-29-5-2/h7-10H,4-6,11-16H2,1-3H3. The van der Waals surface area contributed by atoms with Gasteiger partial charge in [-0.1, -0.05) is 19.1 Å². The average molecular weight is 402 g/mol. The van der Waals surface area contributed by atoms with Crippen LogP contribution in [-0.2, 0) is 14.3 Å². The van der Waals surface area contributed by atoms with Crippen molar-refractivity contribution >= 4 is 17.4 Å². The largest absolute Gasteiger partial charge is 0.497 e. The summed E-state index contributed by atoms with van der Waals surface area (Å²) in [5.41, 5.74) is 1.79. The Bertz CT molecular complexity index is 752. The Morgan fingerprint density at radius 2 is 1.66 bits per heavy atom. The van der Waals surface area contributed by atoms with Gasteiger partial charge in [0, 0.05) is 45.9 Å². The van der Waals surface area contributed by atoms with Crippen molar-refractivity contribution in [1.29, 1.82) is 0 Å². The molecule has 0 spiro atoms. The van der Waals surface area contributed by atoms with E-state index in [-0.39, 0.29) is 11.8 Å². The summed E-state index contributed by atoms with van der Waals surface area (Å²) >= 11 is 0. The van der Waals surface area contributed by atoms with Crippen molar-refractivity contribution in [3.8, 4) is 5.75 Å². The summed E-state index contributed by atoms with van der Waals surface area (Å²) in [5.74, 6) is 0.310. The summed E-state index contributed by atoms with van der Waals surface area (Å²) in [6.45, 7) is 9.88. The zero-order chi connectivity index (χ0) is 20.8. The van der Waals surface area contributed by atoms with Gasteiger partial charge in [0.2, 0.25) is 0 Å². The van der Waals surface area contributed by atoms with Crippen molar-refractivity contribution in [3.63, 3.8) is 0 Å². The van der Waals surface area contributed by atoms with Crippen molar-refractivity contribution in [1.82, 2.24) is 14.7 Å². The second-order valence-corrected chi connectivity index (χ2v) is 7.19. The molecule has 158 valence electrons. The molecule has 1 aromatic rings. The van der Waals surface area contributed by atoms with Crippen LogP contribution < -0.4 is 4.74 Å². The number of carbonyl (C=O) groups is 2. The maximum absolute atomic E-state index is 13.3. The summed E-state index contributed by atoms with van der Waals surface area (Å²) < 4.78 is 10.6. The number of hydrogen-bond donors (Lipinski definition) is 0. The van der Waals surface area contributed by atoms with Gasteiger partial charge in [-0.2, -0.15) is 0 Å². The lowest BCUT2D eigenvalue weighted by Gasteiger charge is -2.36. The van der Waals surface area contributed by atoms with Crippen molar-refractivity contribution in [3.05, 3.63) is 35.5 Å². The topological polar surface area (TPSA) is 62.3 Å². The predicted octanol–water partition coefficient (Wildman–Crippen LogP) is 1.84. The van der Waals surface area contributed by atoms with Crippen LogP contribution >= 0.6 is 0 Å². The van der Waals surface area contributed by atoms with Crippen molar-refractivity contribution in [2.45, 2.75) is 20.3 Å². The van der Waals surface area contributed by atoms with E-state index >= 15 is 0 Å². The van der Waals surface area contributed by atoms with Crippen LogP contribution in [0.3, 0.4) is 0 Å². The average Bonchev–Trinajstić information content (AvgIpc) is 3.01. The van der Waals surface area contributed by atoms with Gasteiger partial charge < -0.3 is 19.3 Å². The lowest BCUT2D eigenvalue weighted by molar-refractivity contribution is -0.137. The number of ether oxygens (including phenoxy) is 2. The number of piperazine rings is 1. The van der Waals surface area contributed by atoms with E-state index in [0.717, 1.165) is 44.0 Å². The third-order valence-corrected chi connectivity index (χ3v) is 5.53. The molecule has 1 saturated heterocycles. The molecular formula is C22H31N3O4. The van der Waals surface area contributed by atoms with E-state index in [1.54, 1.807) is 7.11 Å². The molecule has 1 fully saturated rings. The molecule has 7 nitrogen and oxygen atoms in total. The first-order valence-corrected chi connectivity index (χ1v) is 10.4. The summed E-state index contributed by atoms with van der Waals surface area (Å²) in [4.78, 5) is 32.3. The van der Waals surface area contributed by atoms with Crippen LogP contribution in [-0.4, -0.2) is 86.1 Å². The Balaban J connectivity index is 1.88. The third-order valence-electron chi connectivity index (χ3n) is 5.53. The fraction of sp³-hybridized carbons (Fsp3) is 0.545. The van der Waals surface area contributed by atoms with Crippen LogP contribution in [0.25, 0.3) is 5.57 Å². The number of hydrogen-bond acceptors (Lipinski definition) is 6. The van der Waals surface area contributed by atoms with Crippen LogP contribution in [0.4, 0.5) is 0 Å². The highest BCUT2D eigenvalue weighted by Crippen LogP contribution is 2.33. The molecule has 0 bridgehead atoms. The van der Waals surface area contributed by atoms with Gasteiger partial charge in [-0.3, -0.25) is 14.5 Å². The molecule has 0 radical (unpaired) electrons. The van der Waals surface area contributed by atoms with Gasteiger partial charge in [-0.25, -0.2) is 0 Å². The van der Waals surface area contributed by atoms with Gasteiger partial charge in [-0.05, 0) is 37.6 Å². The smallest absolute Gasteiger partial charge is 0.277 e. The van der Waals surface area contributed by atoms with Gasteiger partial charge in [-0.15, -0.1) is 0 Å². The molecule has 0 unspecified atom stereocenters. The molecule has 1 aromatic carbocycles. The molecule has 2 amide bonds. The van der Waals surface area contributed by atoms with Gasteiger partial charge in [0.05, 0.1) is 12.7 Å². The normalized spacial score (nSPS) is 18.2. The molecule has 2 aliphatic rings. The van der Waals surface area contributed by atoms with Gasteiger partial charge in [0.15, 0.2) is 0 Å². The Morgan fingerprint density at radius 1 is 0.966 bits per heavy atom.